The fourth-order valence-corrected chi connectivity index (χ4v) is 5.39. The molecular weight excluding hydrogens is 512 g/mol. The van der Waals surface area contributed by atoms with Gasteiger partial charge in [0.25, 0.3) is 0 Å². The summed E-state index contributed by atoms with van der Waals surface area (Å²) in [4.78, 5) is 56.4. The second kappa shape index (κ2) is 12.1. The molecule has 1 aliphatic heterocycles. The van der Waals surface area contributed by atoms with Crippen molar-refractivity contribution in [2.45, 2.75) is 29.7 Å². The van der Waals surface area contributed by atoms with Gasteiger partial charge in [0, 0.05) is 18.0 Å². The molecule has 4 atom stereocenters. The number of nitrogens with zero attached hydrogens (tertiary/aromatic N) is 5. The van der Waals surface area contributed by atoms with Crippen molar-refractivity contribution in [2.75, 3.05) is 11.9 Å². The van der Waals surface area contributed by atoms with Gasteiger partial charge in [0.15, 0.2) is 0 Å². The van der Waals surface area contributed by atoms with Gasteiger partial charge in [0.2, 0.25) is 5.91 Å². The van der Waals surface area contributed by atoms with E-state index < -0.39 is 46.3 Å². The molecule has 0 spiro atoms. The highest BCUT2D eigenvalue weighted by molar-refractivity contribution is 8.00. The lowest BCUT2D eigenvalue weighted by Gasteiger charge is -2.23. The van der Waals surface area contributed by atoms with Crippen molar-refractivity contribution in [1.82, 2.24) is 9.55 Å². The van der Waals surface area contributed by atoms with Gasteiger partial charge in [0.1, 0.15) is 24.6 Å². The van der Waals surface area contributed by atoms with E-state index in [1.807, 2.05) is 0 Å². The van der Waals surface area contributed by atoms with Gasteiger partial charge in [-0.05, 0) is 35.9 Å². The van der Waals surface area contributed by atoms with Crippen LogP contribution in [0, 0.1) is 0 Å². The predicted molar refractivity (Wildman–Crippen MR) is 139 cm³/mol. The molecule has 38 heavy (non-hydrogen) atoms. The van der Waals surface area contributed by atoms with E-state index in [9.17, 15) is 24.7 Å². The third kappa shape index (κ3) is 6.20. The summed E-state index contributed by atoms with van der Waals surface area (Å²) in [5.41, 5.74) is 9.19. The Morgan fingerprint density at radius 2 is 1.68 bits per heavy atom. The van der Waals surface area contributed by atoms with Crippen LogP contribution in [0.5, 0.6) is 0 Å². The van der Waals surface area contributed by atoms with E-state index in [1.165, 1.54) is 23.8 Å². The second-order valence-electron chi connectivity index (χ2n) is 8.14. The molecule has 2 heterocycles. The van der Waals surface area contributed by atoms with Crippen LogP contribution in [0.3, 0.4) is 0 Å². The first-order valence-electron chi connectivity index (χ1n) is 11.4. The molecule has 1 aliphatic rings. The number of aromatic nitrogens is 2. The van der Waals surface area contributed by atoms with Gasteiger partial charge < -0.3 is 14.8 Å². The molecule has 2 aromatic carbocycles. The van der Waals surface area contributed by atoms with E-state index >= 15 is 0 Å². The van der Waals surface area contributed by atoms with Gasteiger partial charge in [-0.2, -0.15) is 4.98 Å². The van der Waals surface area contributed by atoms with Gasteiger partial charge in [-0.25, -0.2) is 14.4 Å². The van der Waals surface area contributed by atoms with Crippen LogP contribution in [0.25, 0.3) is 10.4 Å². The van der Waals surface area contributed by atoms with Crippen molar-refractivity contribution in [1.29, 1.82) is 0 Å². The molecule has 13 heteroatoms. The molecule has 0 saturated carbocycles. The lowest BCUT2D eigenvalue weighted by atomic mass is 10.1. The summed E-state index contributed by atoms with van der Waals surface area (Å²) in [6.45, 7) is 1.09. The van der Waals surface area contributed by atoms with Crippen molar-refractivity contribution < 1.29 is 23.9 Å². The number of azide groups is 1. The highest BCUT2D eigenvalue weighted by Crippen LogP contribution is 2.45. The summed E-state index contributed by atoms with van der Waals surface area (Å²) in [7, 11) is 0. The fraction of sp³-hybridized carbons (Fsp3) is 0.240. The monoisotopic (exact) mass is 534 g/mol. The Kier molecular flexibility index (Phi) is 8.41. The molecule has 1 fully saturated rings. The Morgan fingerprint density at radius 1 is 1.05 bits per heavy atom. The fourth-order valence-electron chi connectivity index (χ4n) is 3.85. The first kappa shape index (κ1) is 26.5. The molecule has 3 aromatic rings. The van der Waals surface area contributed by atoms with E-state index in [4.69, 9.17) is 9.47 Å². The molecule has 1 saturated heterocycles. The number of carbonyl (C=O) groups excluding carboxylic acids is 3. The highest BCUT2D eigenvalue weighted by atomic mass is 32.2. The Bertz CT molecular complexity index is 1430. The molecule has 0 aliphatic carbocycles. The Hall–Kier alpha value is -4.61. The third-order valence-corrected chi connectivity index (χ3v) is 7.08. The highest BCUT2D eigenvalue weighted by Gasteiger charge is 2.48. The summed E-state index contributed by atoms with van der Waals surface area (Å²) in [6, 6.07) is 17.0. The van der Waals surface area contributed by atoms with Crippen molar-refractivity contribution in [3.05, 3.63) is 105 Å². The van der Waals surface area contributed by atoms with E-state index in [0.29, 0.717) is 5.56 Å². The Balaban J connectivity index is 1.64. The average Bonchev–Trinajstić information content (AvgIpc) is 3.24. The van der Waals surface area contributed by atoms with Crippen LogP contribution in [-0.4, -0.2) is 51.4 Å². The topological polar surface area (TPSA) is 165 Å². The average molecular weight is 535 g/mol. The van der Waals surface area contributed by atoms with Gasteiger partial charge in [-0.1, -0.05) is 41.5 Å². The SMILES string of the molecule is CC(=O)Nc1ccn([C@H]2S[C@H](COC(=O)c3ccccc3)[C@@H](OC(=O)c3ccccc3)[C@@H]2N=[N+]=[N-])c(=O)n1. The van der Waals surface area contributed by atoms with Crippen LogP contribution in [0.15, 0.2) is 82.8 Å². The van der Waals surface area contributed by atoms with Crippen molar-refractivity contribution >= 4 is 35.4 Å². The van der Waals surface area contributed by atoms with Crippen LogP contribution in [0.1, 0.15) is 33.0 Å². The summed E-state index contributed by atoms with van der Waals surface area (Å²) in [6.07, 6.45) is 0.353. The number of carbonyl (C=O) groups is 3. The van der Waals surface area contributed by atoms with Crippen LogP contribution < -0.4 is 11.0 Å². The zero-order valence-electron chi connectivity index (χ0n) is 20.0. The van der Waals surface area contributed by atoms with Gasteiger partial charge in [-0.15, -0.1) is 11.8 Å². The quantitative estimate of drug-likeness (QED) is 0.198. The molecular formula is C25H22N6O6S. The predicted octanol–water partition coefficient (Wildman–Crippen LogP) is 3.58. The third-order valence-electron chi connectivity index (χ3n) is 5.54. The minimum absolute atomic E-state index is 0.0578. The lowest BCUT2D eigenvalue weighted by Crippen LogP contribution is -2.38. The standard InChI is InChI=1S/C25H22N6O6S/c1-15(32)27-19-12-13-31(25(35)28-19)22-20(29-30-26)21(37-24(34)17-10-6-3-7-11-17)18(38-22)14-36-23(33)16-8-4-2-5-9-16/h2-13,18,20-22H,14H2,1H3,(H,27,28,32,35)/t18-,20+,21-,22+/m1/s1. The van der Waals surface area contributed by atoms with E-state index in [-0.39, 0.29) is 18.0 Å². The van der Waals surface area contributed by atoms with Crippen molar-refractivity contribution in [2.24, 2.45) is 5.11 Å². The van der Waals surface area contributed by atoms with Gasteiger partial charge in [-0.3, -0.25) is 9.36 Å². The number of thioether (sulfide) groups is 1. The molecule has 12 nitrogen and oxygen atoms in total. The van der Waals surface area contributed by atoms with E-state index in [1.54, 1.807) is 60.7 Å². The number of hydrogen-bond acceptors (Lipinski definition) is 9. The molecule has 194 valence electrons. The first-order chi connectivity index (χ1) is 18.4. The zero-order chi connectivity index (χ0) is 27.1. The molecule has 0 radical (unpaired) electrons. The molecule has 1 amide bonds. The maximum Gasteiger partial charge on any atom is 0.350 e. The number of rotatable bonds is 8. The minimum atomic E-state index is -1.04. The summed E-state index contributed by atoms with van der Waals surface area (Å²) >= 11 is 1.14. The number of benzene rings is 2. The van der Waals surface area contributed by atoms with Gasteiger partial charge >= 0.3 is 17.6 Å². The van der Waals surface area contributed by atoms with Crippen LogP contribution in [-0.2, 0) is 14.3 Å². The number of ether oxygens (including phenoxy) is 2. The van der Waals surface area contributed by atoms with E-state index in [2.05, 4.69) is 20.3 Å². The number of esters is 2. The lowest BCUT2D eigenvalue weighted by molar-refractivity contribution is -0.114. The zero-order valence-corrected chi connectivity index (χ0v) is 20.9. The second-order valence-corrected chi connectivity index (χ2v) is 9.51. The normalized spacial score (nSPS) is 20.1. The van der Waals surface area contributed by atoms with Crippen molar-refractivity contribution in [3.8, 4) is 0 Å². The van der Waals surface area contributed by atoms with Crippen LogP contribution in [0.4, 0.5) is 5.82 Å². The number of hydrogen-bond donors (Lipinski definition) is 1. The number of anilines is 1. The maximum absolute atomic E-state index is 12.9. The van der Waals surface area contributed by atoms with Crippen molar-refractivity contribution in [3.63, 3.8) is 0 Å². The minimum Gasteiger partial charge on any atom is -0.461 e. The molecule has 0 unspecified atom stereocenters. The summed E-state index contributed by atoms with van der Waals surface area (Å²) in [5.74, 6) is -1.59. The smallest absolute Gasteiger partial charge is 0.350 e. The summed E-state index contributed by atoms with van der Waals surface area (Å²) in [5, 5.41) is 4.75. The summed E-state index contributed by atoms with van der Waals surface area (Å²) < 4.78 is 12.5. The largest absolute Gasteiger partial charge is 0.461 e. The first-order valence-corrected chi connectivity index (χ1v) is 12.4. The van der Waals surface area contributed by atoms with Crippen LogP contribution >= 0.6 is 11.8 Å². The molecule has 1 aromatic heterocycles. The van der Waals surface area contributed by atoms with E-state index in [0.717, 1.165) is 11.8 Å². The molecule has 0 bridgehead atoms. The van der Waals surface area contributed by atoms with Crippen LogP contribution in [0.2, 0.25) is 0 Å². The molecule has 4 rings (SSSR count). The van der Waals surface area contributed by atoms with Gasteiger partial charge in [0.05, 0.1) is 21.8 Å². The molecule has 1 N–H and O–H groups in total. The number of nitrogens with one attached hydrogen (secondary N) is 1. The Morgan fingerprint density at radius 3 is 2.26 bits per heavy atom. The maximum atomic E-state index is 12.9. The number of amides is 1. The Labute approximate surface area is 220 Å².